The van der Waals surface area contributed by atoms with E-state index in [1.54, 1.807) is 31.2 Å². The van der Waals surface area contributed by atoms with Gasteiger partial charge in [0.2, 0.25) is 0 Å². The summed E-state index contributed by atoms with van der Waals surface area (Å²) in [6.45, 7) is 1.52. The summed E-state index contributed by atoms with van der Waals surface area (Å²) in [5, 5.41) is 4.48. The number of para-hydroxylation sites is 1. The predicted molar refractivity (Wildman–Crippen MR) is 91.2 cm³/mol. The van der Waals surface area contributed by atoms with Gasteiger partial charge in [0, 0.05) is 5.56 Å². The van der Waals surface area contributed by atoms with Gasteiger partial charge in [-0.25, -0.2) is 0 Å². The van der Waals surface area contributed by atoms with E-state index in [-0.39, 0.29) is 29.4 Å². The van der Waals surface area contributed by atoms with Crippen molar-refractivity contribution >= 4 is 52.3 Å². The van der Waals surface area contributed by atoms with Gasteiger partial charge in [-0.2, -0.15) is 0 Å². The number of hydrogen-bond acceptors (Lipinski definition) is 6. The van der Waals surface area contributed by atoms with Crippen LogP contribution in [-0.4, -0.2) is 42.0 Å². The first-order chi connectivity index (χ1) is 11.9. The number of rotatable bonds is 3. The molecule has 0 radical (unpaired) electrons. The van der Waals surface area contributed by atoms with Gasteiger partial charge < -0.3 is 4.74 Å². The van der Waals surface area contributed by atoms with E-state index in [2.05, 4.69) is 10.6 Å². The average Bonchev–Trinajstić information content (AvgIpc) is 2.80. The third kappa shape index (κ3) is 2.89. The van der Waals surface area contributed by atoms with Crippen molar-refractivity contribution in [1.82, 2.24) is 10.6 Å². The van der Waals surface area contributed by atoms with E-state index in [1.165, 1.54) is 4.90 Å². The highest BCUT2D eigenvalue weighted by molar-refractivity contribution is 7.80. The highest BCUT2D eigenvalue weighted by Gasteiger charge is 2.40. The molecule has 0 unspecified atom stereocenters. The first-order valence-electron chi connectivity index (χ1n) is 7.41. The fourth-order valence-corrected chi connectivity index (χ4v) is 2.89. The van der Waals surface area contributed by atoms with E-state index in [4.69, 9.17) is 17.0 Å². The molecular formula is C16H13N3O5S. The summed E-state index contributed by atoms with van der Waals surface area (Å²) in [6.07, 6.45) is 0. The van der Waals surface area contributed by atoms with Crippen molar-refractivity contribution in [3.05, 3.63) is 35.4 Å². The number of fused-ring (bicyclic) bond motifs is 1. The van der Waals surface area contributed by atoms with Crippen molar-refractivity contribution in [3.8, 4) is 0 Å². The molecule has 2 heterocycles. The summed E-state index contributed by atoms with van der Waals surface area (Å²) in [5.41, 5.74) is 0.413. The molecule has 2 N–H and O–H groups in total. The number of hydrogen-bond donors (Lipinski definition) is 2. The molecule has 0 spiro atoms. The normalized spacial score (nSPS) is 16.6. The van der Waals surface area contributed by atoms with Crippen LogP contribution in [0.1, 0.15) is 12.5 Å². The summed E-state index contributed by atoms with van der Waals surface area (Å²) in [6, 6.07) is 6.59. The van der Waals surface area contributed by atoms with E-state index < -0.39 is 23.7 Å². The molecule has 3 amide bonds. The summed E-state index contributed by atoms with van der Waals surface area (Å²) in [5.74, 6) is -2.73. The largest absolute Gasteiger partial charge is 0.465 e. The maximum absolute atomic E-state index is 12.8. The Morgan fingerprint density at radius 3 is 2.40 bits per heavy atom. The zero-order chi connectivity index (χ0) is 18.1. The molecule has 0 aromatic heterocycles. The number of thiocarbonyl (C=S) groups is 1. The Hall–Kier alpha value is -3.07. The minimum atomic E-state index is -0.759. The number of ether oxygens (including phenoxy) is 1. The highest BCUT2D eigenvalue weighted by Crippen LogP contribution is 2.38. The Kier molecular flexibility index (Phi) is 4.32. The molecule has 0 atom stereocenters. The molecule has 9 heteroatoms. The lowest BCUT2D eigenvalue weighted by Crippen LogP contribution is -2.52. The molecule has 0 saturated carbocycles. The molecule has 1 aromatic rings. The second-order valence-electron chi connectivity index (χ2n) is 5.20. The number of esters is 1. The van der Waals surface area contributed by atoms with Crippen LogP contribution in [0.3, 0.4) is 0 Å². The van der Waals surface area contributed by atoms with Gasteiger partial charge in [-0.1, -0.05) is 18.2 Å². The Bertz CT molecular complexity index is 839. The number of nitrogens with one attached hydrogen (secondary N) is 2. The molecule has 25 heavy (non-hydrogen) atoms. The molecule has 3 rings (SSSR count). The van der Waals surface area contributed by atoms with Crippen molar-refractivity contribution in [2.45, 2.75) is 6.92 Å². The lowest BCUT2D eigenvalue weighted by molar-refractivity contribution is -0.142. The molecule has 2 aliphatic heterocycles. The lowest BCUT2D eigenvalue weighted by atomic mass is 9.99. The lowest BCUT2D eigenvalue weighted by Gasteiger charge is -2.18. The van der Waals surface area contributed by atoms with Crippen molar-refractivity contribution in [2.75, 3.05) is 18.1 Å². The summed E-state index contributed by atoms with van der Waals surface area (Å²) < 4.78 is 4.88. The van der Waals surface area contributed by atoms with Crippen LogP contribution in [-0.2, 0) is 23.9 Å². The molecular weight excluding hydrogens is 346 g/mol. The summed E-state index contributed by atoms with van der Waals surface area (Å²) >= 11 is 4.76. The molecule has 1 aromatic carbocycles. The van der Waals surface area contributed by atoms with Gasteiger partial charge in [-0.05, 0) is 25.2 Å². The van der Waals surface area contributed by atoms with Crippen molar-refractivity contribution in [3.63, 3.8) is 0 Å². The van der Waals surface area contributed by atoms with Crippen LogP contribution in [0, 0.1) is 0 Å². The van der Waals surface area contributed by atoms with Crippen molar-refractivity contribution < 1.29 is 23.9 Å². The van der Waals surface area contributed by atoms with E-state index in [0.29, 0.717) is 11.3 Å². The van der Waals surface area contributed by atoms with Crippen molar-refractivity contribution in [1.29, 1.82) is 0 Å². The maximum atomic E-state index is 12.8. The Labute approximate surface area is 147 Å². The van der Waals surface area contributed by atoms with Gasteiger partial charge in [0.15, 0.2) is 5.11 Å². The monoisotopic (exact) mass is 359 g/mol. The van der Waals surface area contributed by atoms with Crippen LogP contribution < -0.4 is 15.5 Å². The summed E-state index contributed by atoms with van der Waals surface area (Å²) in [4.78, 5) is 50.2. The second-order valence-corrected chi connectivity index (χ2v) is 5.61. The molecule has 0 bridgehead atoms. The van der Waals surface area contributed by atoms with Gasteiger partial charge in [0.25, 0.3) is 17.7 Å². The molecule has 1 fully saturated rings. The van der Waals surface area contributed by atoms with Crippen LogP contribution in [0.5, 0.6) is 0 Å². The molecule has 128 valence electrons. The van der Waals surface area contributed by atoms with E-state index in [9.17, 15) is 19.2 Å². The number of amides is 3. The smallest absolute Gasteiger partial charge is 0.326 e. The van der Waals surface area contributed by atoms with Gasteiger partial charge in [-0.3, -0.25) is 34.7 Å². The summed E-state index contributed by atoms with van der Waals surface area (Å²) in [7, 11) is 0. The number of anilines is 1. The number of nitrogens with zero attached hydrogens (tertiary/aromatic N) is 1. The average molecular weight is 359 g/mol. The van der Waals surface area contributed by atoms with Crippen LogP contribution in [0.2, 0.25) is 0 Å². The number of carbonyl (C=O) groups excluding carboxylic acids is 4. The number of benzene rings is 1. The van der Waals surface area contributed by atoms with Crippen LogP contribution >= 0.6 is 12.2 Å². The minimum absolute atomic E-state index is 0.0719. The molecule has 8 nitrogen and oxygen atoms in total. The molecule has 0 aliphatic carbocycles. The zero-order valence-electron chi connectivity index (χ0n) is 13.1. The van der Waals surface area contributed by atoms with Gasteiger partial charge >= 0.3 is 5.97 Å². The van der Waals surface area contributed by atoms with Crippen LogP contribution in [0.4, 0.5) is 5.69 Å². The highest BCUT2D eigenvalue weighted by atomic mass is 32.1. The first-order valence-corrected chi connectivity index (χ1v) is 7.82. The topological polar surface area (TPSA) is 105 Å². The Balaban J connectivity index is 2.10. The Morgan fingerprint density at radius 2 is 1.76 bits per heavy atom. The van der Waals surface area contributed by atoms with Gasteiger partial charge in [0.05, 0.1) is 17.9 Å². The van der Waals surface area contributed by atoms with Crippen molar-refractivity contribution in [2.24, 2.45) is 0 Å². The number of carbonyl (C=O) groups is 4. The first kappa shape index (κ1) is 16.8. The standard InChI is InChI=1S/C16H13N3O5S/c1-2-24-10(20)7-19-9-6-4-3-5-8(9)11(15(19)23)12-13(21)17-16(25)18-14(12)22/h3-6H,2,7H2,1H3,(H2,17,18,21,22,25). The fraction of sp³-hybridized carbons (Fsp3) is 0.188. The van der Waals surface area contributed by atoms with Crippen LogP contribution in [0.15, 0.2) is 29.8 Å². The third-order valence-electron chi connectivity index (χ3n) is 3.67. The fourth-order valence-electron chi connectivity index (χ4n) is 2.71. The third-order valence-corrected chi connectivity index (χ3v) is 3.88. The SMILES string of the molecule is CCOC(=O)CN1C(=O)C(=C2C(=O)NC(=S)NC2=O)c2ccccc21. The van der Waals surface area contributed by atoms with E-state index in [1.807, 2.05) is 0 Å². The molecule has 2 aliphatic rings. The zero-order valence-corrected chi connectivity index (χ0v) is 13.9. The van der Waals surface area contributed by atoms with E-state index in [0.717, 1.165) is 0 Å². The minimum Gasteiger partial charge on any atom is -0.465 e. The quantitative estimate of drug-likeness (QED) is 0.337. The predicted octanol–water partition coefficient (Wildman–Crippen LogP) is -0.119. The van der Waals surface area contributed by atoms with Crippen LogP contribution in [0.25, 0.3) is 5.57 Å². The van der Waals surface area contributed by atoms with Gasteiger partial charge in [0.1, 0.15) is 12.1 Å². The van der Waals surface area contributed by atoms with E-state index >= 15 is 0 Å². The maximum Gasteiger partial charge on any atom is 0.326 e. The Morgan fingerprint density at radius 1 is 1.12 bits per heavy atom. The second kappa shape index (κ2) is 6.44. The van der Waals surface area contributed by atoms with Gasteiger partial charge in [-0.15, -0.1) is 0 Å². The molecule has 1 saturated heterocycles.